The standard InChI is InChI=1S/C17H13ClF3N5O/c1-9-7-10(2)23-16(22-9)26-14(24-15(27)17(19,20)21)8-13(25-26)11-3-5-12(18)6-4-11/h3-8H,1-2H3,(H,24,27). The molecule has 0 fully saturated rings. The van der Waals surface area contributed by atoms with Crippen LogP contribution in [-0.2, 0) is 4.79 Å². The maximum Gasteiger partial charge on any atom is 0.471 e. The molecular weight excluding hydrogens is 383 g/mol. The Morgan fingerprint density at radius 1 is 1.07 bits per heavy atom. The summed E-state index contributed by atoms with van der Waals surface area (Å²) in [7, 11) is 0. The summed E-state index contributed by atoms with van der Waals surface area (Å²) >= 11 is 5.86. The Balaban J connectivity index is 2.11. The topological polar surface area (TPSA) is 72.7 Å². The number of hydrogen-bond donors (Lipinski definition) is 1. The van der Waals surface area contributed by atoms with Crippen LogP contribution in [0.4, 0.5) is 19.0 Å². The number of carbonyl (C=O) groups excluding carboxylic acids is 1. The van der Waals surface area contributed by atoms with E-state index in [1.807, 2.05) is 5.32 Å². The van der Waals surface area contributed by atoms with Crippen LogP contribution >= 0.6 is 11.6 Å². The summed E-state index contributed by atoms with van der Waals surface area (Å²) in [5.41, 5.74) is 2.14. The van der Waals surface area contributed by atoms with Crippen molar-refractivity contribution in [2.24, 2.45) is 0 Å². The molecule has 140 valence electrons. The second-order valence-electron chi connectivity index (χ2n) is 5.74. The zero-order chi connectivity index (χ0) is 19.8. The lowest BCUT2D eigenvalue weighted by atomic mass is 10.1. The van der Waals surface area contributed by atoms with E-state index in [2.05, 4.69) is 15.1 Å². The van der Waals surface area contributed by atoms with Gasteiger partial charge in [0.2, 0.25) is 0 Å². The molecule has 0 aliphatic heterocycles. The number of rotatable bonds is 3. The van der Waals surface area contributed by atoms with Crippen molar-refractivity contribution in [2.45, 2.75) is 20.0 Å². The fourth-order valence-electron chi connectivity index (χ4n) is 2.37. The lowest BCUT2D eigenvalue weighted by Gasteiger charge is -2.10. The van der Waals surface area contributed by atoms with Crippen molar-refractivity contribution in [1.29, 1.82) is 0 Å². The summed E-state index contributed by atoms with van der Waals surface area (Å²) in [6, 6.07) is 9.59. The van der Waals surface area contributed by atoms with Crippen LogP contribution in [0.1, 0.15) is 11.4 Å². The van der Waals surface area contributed by atoms with Gasteiger partial charge in [0, 0.05) is 28.0 Å². The number of anilines is 1. The fraction of sp³-hybridized carbons (Fsp3) is 0.176. The van der Waals surface area contributed by atoms with E-state index in [4.69, 9.17) is 11.6 Å². The number of halogens is 4. The van der Waals surface area contributed by atoms with Gasteiger partial charge in [-0.25, -0.2) is 9.97 Å². The fourth-order valence-corrected chi connectivity index (χ4v) is 2.50. The molecule has 10 heteroatoms. The molecule has 1 amide bonds. The van der Waals surface area contributed by atoms with Crippen LogP contribution in [0.5, 0.6) is 0 Å². The molecule has 6 nitrogen and oxygen atoms in total. The van der Waals surface area contributed by atoms with Crippen LogP contribution in [0.3, 0.4) is 0 Å². The van der Waals surface area contributed by atoms with E-state index < -0.39 is 12.1 Å². The number of amides is 1. The van der Waals surface area contributed by atoms with Crippen LogP contribution in [0.25, 0.3) is 17.2 Å². The summed E-state index contributed by atoms with van der Waals surface area (Å²) in [5.74, 6) is -2.27. The molecule has 3 rings (SSSR count). The van der Waals surface area contributed by atoms with Crippen molar-refractivity contribution in [3.63, 3.8) is 0 Å². The second kappa shape index (κ2) is 6.99. The van der Waals surface area contributed by atoms with Crippen LogP contribution < -0.4 is 5.32 Å². The molecule has 0 atom stereocenters. The SMILES string of the molecule is Cc1cc(C)nc(-n2nc(-c3ccc(Cl)cc3)cc2NC(=O)C(F)(F)F)n1. The van der Waals surface area contributed by atoms with Crippen LogP contribution in [0, 0.1) is 13.8 Å². The summed E-state index contributed by atoms with van der Waals surface area (Å²) < 4.78 is 39.1. The first-order valence-corrected chi connectivity index (χ1v) is 8.08. The van der Waals surface area contributed by atoms with E-state index in [0.717, 1.165) is 4.68 Å². The lowest BCUT2D eigenvalue weighted by Crippen LogP contribution is -2.31. The third kappa shape index (κ3) is 4.25. The third-order valence-electron chi connectivity index (χ3n) is 3.51. The summed E-state index contributed by atoms with van der Waals surface area (Å²) in [5, 5.41) is 6.59. The molecule has 2 heterocycles. The van der Waals surface area contributed by atoms with Gasteiger partial charge >= 0.3 is 12.1 Å². The molecule has 0 saturated heterocycles. The first-order valence-electron chi connectivity index (χ1n) is 7.70. The van der Waals surface area contributed by atoms with Gasteiger partial charge in [-0.2, -0.15) is 23.0 Å². The first-order chi connectivity index (χ1) is 12.6. The summed E-state index contributed by atoms with van der Waals surface area (Å²) in [4.78, 5) is 19.8. The number of aryl methyl sites for hydroxylation is 2. The zero-order valence-electron chi connectivity index (χ0n) is 14.2. The second-order valence-corrected chi connectivity index (χ2v) is 6.17. The monoisotopic (exact) mass is 395 g/mol. The number of nitrogens with one attached hydrogen (secondary N) is 1. The predicted octanol–water partition coefficient (Wildman–Crippen LogP) is 4.10. The van der Waals surface area contributed by atoms with Gasteiger partial charge in [-0.1, -0.05) is 23.7 Å². The zero-order valence-corrected chi connectivity index (χ0v) is 14.9. The summed E-state index contributed by atoms with van der Waals surface area (Å²) in [6.45, 7) is 3.44. The van der Waals surface area contributed by atoms with E-state index in [0.29, 0.717) is 27.7 Å². The Bertz CT molecular complexity index is 979. The van der Waals surface area contributed by atoms with E-state index in [-0.39, 0.29) is 11.8 Å². The number of aromatic nitrogens is 4. The molecule has 3 aromatic rings. The van der Waals surface area contributed by atoms with Crippen molar-refractivity contribution in [2.75, 3.05) is 5.32 Å². The lowest BCUT2D eigenvalue weighted by molar-refractivity contribution is -0.167. The van der Waals surface area contributed by atoms with Crippen LogP contribution in [-0.4, -0.2) is 31.8 Å². The molecule has 27 heavy (non-hydrogen) atoms. The van der Waals surface area contributed by atoms with Crippen molar-refractivity contribution < 1.29 is 18.0 Å². The van der Waals surface area contributed by atoms with Gasteiger partial charge in [-0.3, -0.25) is 4.79 Å². The molecule has 1 N–H and O–H groups in total. The van der Waals surface area contributed by atoms with Gasteiger partial charge in [0.1, 0.15) is 5.82 Å². The Hall–Kier alpha value is -2.94. The minimum atomic E-state index is -5.04. The highest BCUT2D eigenvalue weighted by Gasteiger charge is 2.39. The average Bonchev–Trinajstić information content (AvgIpc) is 2.97. The van der Waals surface area contributed by atoms with Gasteiger partial charge in [-0.15, -0.1) is 0 Å². The molecular formula is C17H13ClF3N5O. The van der Waals surface area contributed by atoms with Gasteiger partial charge in [0.15, 0.2) is 0 Å². The molecule has 0 aliphatic rings. The highest BCUT2D eigenvalue weighted by Crippen LogP contribution is 2.26. The first kappa shape index (κ1) is 18.8. The van der Waals surface area contributed by atoms with Gasteiger partial charge in [0.25, 0.3) is 5.95 Å². The van der Waals surface area contributed by atoms with Crippen molar-refractivity contribution in [1.82, 2.24) is 19.7 Å². The maximum absolute atomic E-state index is 12.7. The van der Waals surface area contributed by atoms with E-state index in [1.165, 1.54) is 6.07 Å². The number of alkyl halides is 3. The molecule has 2 aromatic heterocycles. The largest absolute Gasteiger partial charge is 0.471 e. The number of nitrogens with zero attached hydrogens (tertiary/aromatic N) is 4. The van der Waals surface area contributed by atoms with Crippen LogP contribution in [0.15, 0.2) is 36.4 Å². The minimum Gasteiger partial charge on any atom is -0.303 e. The average molecular weight is 396 g/mol. The Morgan fingerprint density at radius 3 is 2.22 bits per heavy atom. The van der Waals surface area contributed by atoms with Gasteiger partial charge in [-0.05, 0) is 32.0 Å². The molecule has 1 aromatic carbocycles. The molecule has 0 bridgehead atoms. The molecule has 0 aliphatic carbocycles. The van der Waals surface area contributed by atoms with Gasteiger partial charge < -0.3 is 5.32 Å². The normalized spacial score (nSPS) is 11.5. The third-order valence-corrected chi connectivity index (χ3v) is 3.76. The van der Waals surface area contributed by atoms with Crippen LogP contribution in [0.2, 0.25) is 5.02 Å². The molecule has 0 unspecified atom stereocenters. The smallest absolute Gasteiger partial charge is 0.303 e. The highest BCUT2D eigenvalue weighted by molar-refractivity contribution is 6.30. The van der Waals surface area contributed by atoms with Gasteiger partial charge in [0.05, 0.1) is 5.69 Å². The summed E-state index contributed by atoms with van der Waals surface area (Å²) in [6.07, 6.45) is -5.04. The minimum absolute atomic E-state index is 0.0465. The number of hydrogen-bond acceptors (Lipinski definition) is 4. The van der Waals surface area contributed by atoms with E-state index >= 15 is 0 Å². The molecule has 0 spiro atoms. The number of carbonyl (C=O) groups is 1. The van der Waals surface area contributed by atoms with E-state index in [1.54, 1.807) is 44.2 Å². The maximum atomic E-state index is 12.7. The quantitative estimate of drug-likeness (QED) is 0.724. The highest BCUT2D eigenvalue weighted by atomic mass is 35.5. The molecule has 0 saturated carbocycles. The molecule has 0 radical (unpaired) electrons. The van der Waals surface area contributed by atoms with Crippen molar-refractivity contribution in [3.05, 3.63) is 52.8 Å². The Labute approximate surface area is 157 Å². The predicted molar refractivity (Wildman–Crippen MR) is 93.8 cm³/mol. The Morgan fingerprint density at radius 2 is 1.67 bits per heavy atom. The van der Waals surface area contributed by atoms with Crippen molar-refractivity contribution >= 4 is 23.3 Å². The Kier molecular flexibility index (Phi) is 4.88. The number of benzene rings is 1. The van der Waals surface area contributed by atoms with E-state index in [9.17, 15) is 18.0 Å². The van der Waals surface area contributed by atoms with Crippen molar-refractivity contribution in [3.8, 4) is 17.2 Å².